The molecular formula is C17H22N2O4. The first-order valence-corrected chi connectivity index (χ1v) is 7.81. The van der Waals surface area contributed by atoms with Gasteiger partial charge in [-0.15, -0.1) is 4.85 Å². The van der Waals surface area contributed by atoms with Crippen LogP contribution in [0.2, 0.25) is 0 Å². The SMILES string of the molecule is CCCOC(=O)c1cccc(CCC)c1COc1ccn(O)n1. The molecule has 6 heteroatoms. The van der Waals surface area contributed by atoms with E-state index in [1.165, 1.54) is 6.20 Å². The van der Waals surface area contributed by atoms with E-state index in [1.54, 1.807) is 12.1 Å². The molecular weight excluding hydrogens is 296 g/mol. The first-order valence-electron chi connectivity index (χ1n) is 7.81. The van der Waals surface area contributed by atoms with E-state index in [0.29, 0.717) is 22.9 Å². The Bertz CT molecular complexity index is 652. The molecule has 124 valence electrons. The maximum Gasteiger partial charge on any atom is 0.338 e. The molecule has 0 bridgehead atoms. The topological polar surface area (TPSA) is 73.6 Å². The first-order chi connectivity index (χ1) is 11.2. The van der Waals surface area contributed by atoms with Crippen LogP contribution in [0.1, 0.15) is 48.2 Å². The highest BCUT2D eigenvalue weighted by atomic mass is 16.5. The molecule has 0 aliphatic heterocycles. The van der Waals surface area contributed by atoms with E-state index in [1.807, 2.05) is 19.1 Å². The summed E-state index contributed by atoms with van der Waals surface area (Å²) < 4.78 is 10.8. The standard InChI is InChI=1S/C17H22N2O4/c1-3-6-13-7-5-8-14(17(20)22-11-4-2)15(13)12-23-16-9-10-19(21)18-16/h5,7-10,21H,3-4,6,11-12H2,1-2H3. The fourth-order valence-corrected chi connectivity index (χ4v) is 2.29. The zero-order valence-electron chi connectivity index (χ0n) is 13.5. The van der Waals surface area contributed by atoms with Gasteiger partial charge in [0.25, 0.3) is 0 Å². The Morgan fingerprint density at radius 2 is 2.09 bits per heavy atom. The number of hydrogen-bond donors (Lipinski definition) is 1. The Kier molecular flexibility index (Phi) is 6.02. The lowest BCUT2D eigenvalue weighted by atomic mass is 9.98. The van der Waals surface area contributed by atoms with Crippen LogP contribution in [0.5, 0.6) is 5.88 Å². The van der Waals surface area contributed by atoms with Crippen molar-refractivity contribution in [3.05, 3.63) is 47.2 Å². The van der Waals surface area contributed by atoms with E-state index < -0.39 is 0 Å². The molecule has 0 fully saturated rings. The van der Waals surface area contributed by atoms with Crippen LogP contribution in [-0.2, 0) is 17.8 Å². The Morgan fingerprint density at radius 1 is 1.26 bits per heavy atom. The molecule has 0 saturated heterocycles. The largest absolute Gasteiger partial charge is 0.472 e. The highest BCUT2D eigenvalue weighted by molar-refractivity contribution is 5.91. The number of hydrogen-bond acceptors (Lipinski definition) is 5. The van der Waals surface area contributed by atoms with Gasteiger partial charge in [-0.3, -0.25) is 0 Å². The second-order valence-electron chi connectivity index (χ2n) is 5.19. The molecule has 2 aromatic rings. The van der Waals surface area contributed by atoms with Crippen molar-refractivity contribution in [3.63, 3.8) is 0 Å². The fourth-order valence-electron chi connectivity index (χ4n) is 2.29. The normalized spacial score (nSPS) is 10.5. The summed E-state index contributed by atoms with van der Waals surface area (Å²) in [5, 5.41) is 12.9. The number of benzene rings is 1. The number of aryl methyl sites for hydroxylation is 1. The second kappa shape index (κ2) is 8.22. The lowest BCUT2D eigenvalue weighted by Crippen LogP contribution is -2.13. The molecule has 0 saturated carbocycles. The van der Waals surface area contributed by atoms with Gasteiger partial charge in [-0.25, -0.2) is 4.79 Å². The highest BCUT2D eigenvalue weighted by Crippen LogP contribution is 2.20. The minimum absolute atomic E-state index is 0.198. The van der Waals surface area contributed by atoms with Gasteiger partial charge < -0.3 is 14.7 Å². The van der Waals surface area contributed by atoms with Crippen molar-refractivity contribution in [2.45, 2.75) is 39.7 Å². The summed E-state index contributed by atoms with van der Waals surface area (Å²) >= 11 is 0. The molecule has 0 radical (unpaired) electrons. The predicted molar refractivity (Wildman–Crippen MR) is 84.8 cm³/mol. The highest BCUT2D eigenvalue weighted by Gasteiger charge is 2.16. The first kappa shape index (κ1) is 16.9. The molecule has 1 aromatic heterocycles. The van der Waals surface area contributed by atoms with E-state index >= 15 is 0 Å². The summed E-state index contributed by atoms with van der Waals surface area (Å²) in [6.07, 6.45) is 3.97. The van der Waals surface area contributed by atoms with Gasteiger partial charge in [0.1, 0.15) is 6.61 Å². The quantitative estimate of drug-likeness (QED) is 0.597. The molecule has 6 nitrogen and oxygen atoms in total. The van der Waals surface area contributed by atoms with Crippen LogP contribution in [-0.4, -0.2) is 27.7 Å². The number of nitrogens with zero attached hydrogens (tertiary/aromatic N) is 2. The summed E-state index contributed by atoms with van der Waals surface area (Å²) in [5.41, 5.74) is 2.39. The Balaban J connectivity index is 2.23. The van der Waals surface area contributed by atoms with Crippen molar-refractivity contribution >= 4 is 5.97 Å². The molecule has 0 atom stereocenters. The molecule has 0 unspecified atom stereocenters. The lowest BCUT2D eigenvalue weighted by Gasteiger charge is -2.14. The predicted octanol–water partition coefficient (Wildman–Crippen LogP) is 3.22. The van der Waals surface area contributed by atoms with Crippen molar-refractivity contribution in [1.29, 1.82) is 0 Å². The van der Waals surface area contributed by atoms with Crippen molar-refractivity contribution < 1.29 is 19.5 Å². The van der Waals surface area contributed by atoms with Gasteiger partial charge in [0.05, 0.1) is 18.4 Å². The van der Waals surface area contributed by atoms with E-state index in [9.17, 15) is 10.0 Å². The molecule has 2 rings (SSSR count). The van der Waals surface area contributed by atoms with Gasteiger partial charge in [-0.2, -0.15) is 0 Å². The number of carbonyl (C=O) groups excluding carboxylic acids is 1. The van der Waals surface area contributed by atoms with Crippen LogP contribution in [0.25, 0.3) is 0 Å². The molecule has 1 heterocycles. The summed E-state index contributed by atoms with van der Waals surface area (Å²) in [5.74, 6) is -0.0391. The second-order valence-corrected chi connectivity index (χ2v) is 5.19. The van der Waals surface area contributed by atoms with Gasteiger partial charge >= 0.3 is 5.97 Å². The Hall–Kier alpha value is -2.50. The molecule has 0 amide bonds. The number of rotatable bonds is 8. The monoisotopic (exact) mass is 318 g/mol. The average molecular weight is 318 g/mol. The van der Waals surface area contributed by atoms with E-state index in [-0.39, 0.29) is 12.6 Å². The van der Waals surface area contributed by atoms with E-state index in [0.717, 1.165) is 30.4 Å². The van der Waals surface area contributed by atoms with Gasteiger partial charge in [-0.05, 0) is 24.5 Å². The third-order valence-electron chi connectivity index (χ3n) is 3.37. The van der Waals surface area contributed by atoms with E-state index in [4.69, 9.17) is 9.47 Å². The van der Waals surface area contributed by atoms with Gasteiger partial charge in [0.15, 0.2) is 0 Å². The van der Waals surface area contributed by atoms with Crippen LogP contribution in [0.15, 0.2) is 30.5 Å². The van der Waals surface area contributed by atoms with Crippen molar-refractivity contribution in [1.82, 2.24) is 9.94 Å². The maximum atomic E-state index is 12.3. The third kappa shape index (κ3) is 4.48. The minimum atomic E-state index is -0.337. The molecule has 1 aromatic carbocycles. The van der Waals surface area contributed by atoms with Crippen LogP contribution in [0, 0.1) is 0 Å². The smallest absolute Gasteiger partial charge is 0.338 e. The lowest BCUT2D eigenvalue weighted by molar-refractivity contribution is 0.0501. The summed E-state index contributed by atoms with van der Waals surface area (Å²) in [6, 6.07) is 7.15. The van der Waals surface area contributed by atoms with Gasteiger partial charge in [0, 0.05) is 11.6 Å². The van der Waals surface area contributed by atoms with Crippen molar-refractivity contribution in [2.24, 2.45) is 0 Å². The maximum absolute atomic E-state index is 12.3. The van der Waals surface area contributed by atoms with Crippen LogP contribution >= 0.6 is 0 Å². The minimum Gasteiger partial charge on any atom is -0.472 e. The number of aromatic nitrogens is 2. The summed E-state index contributed by atoms with van der Waals surface area (Å²) in [7, 11) is 0. The number of carbonyl (C=O) groups is 1. The molecule has 23 heavy (non-hydrogen) atoms. The van der Waals surface area contributed by atoms with Crippen molar-refractivity contribution in [3.8, 4) is 5.88 Å². The third-order valence-corrected chi connectivity index (χ3v) is 3.37. The average Bonchev–Trinajstić information content (AvgIpc) is 2.97. The fraction of sp³-hybridized carbons (Fsp3) is 0.412. The van der Waals surface area contributed by atoms with Crippen LogP contribution in [0.3, 0.4) is 0 Å². The number of esters is 1. The van der Waals surface area contributed by atoms with E-state index in [2.05, 4.69) is 12.0 Å². The summed E-state index contributed by atoms with van der Waals surface area (Å²) in [4.78, 5) is 12.9. The van der Waals surface area contributed by atoms with Crippen molar-refractivity contribution in [2.75, 3.05) is 6.61 Å². The van der Waals surface area contributed by atoms with Gasteiger partial charge in [-0.1, -0.05) is 37.5 Å². The molecule has 0 aliphatic carbocycles. The number of ether oxygens (including phenoxy) is 2. The Morgan fingerprint density at radius 3 is 2.74 bits per heavy atom. The zero-order valence-corrected chi connectivity index (χ0v) is 13.5. The summed E-state index contributed by atoms with van der Waals surface area (Å²) in [6.45, 7) is 4.63. The van der Waals surface area contributed by atoms with Crippen LogP contribution < -0.4 is 4.74 Å². The zero-order chi connectivity index (χ0) is 16.7. The van der Waals surface area contributed by atoms with Gasteiger partial charge in [0.2, 0.25) is 5.88 Å². The van der Waals surface area contributed by atoms with Crippen LogP contribution in [0.4, 0.5) is 0 Å². The molecule has 0 spiro atoms. The Labute approximate surface area is 135 Å². The molecule has 1 N–H and O–H groups in total. The molecule has 0 aliphatic rings.